The summed E-state index contributed by atoms with van der Waals surface area (Å²) < 4.78 is 6.35. The fraction of sp³-hybridized carbons (Fsp3) is 0.818. The maximum atomic E-state index is 6.35. The molecule has 0 atom stereocenters. The Morgan fingerprint density at radius 2 is 1.40 bits per heavy atom. The first-order valence-corrected chi connectivity index (χ1v) is 15.6. The minimum atomic E-state index is -1.57. The molecule has 0 bridgehead atoms. The molecule has 0 aliphatic rings. The Hall–Kier alpha value is 0.351. The van der Waals surface area contributed by atoms with Crippen LogP contribution in [0.15, 0.2) is 12.3 Å². The van der Waals surface area contributed by atoms with E-state index in [9.17, 15) is 0 Å². The highest BCUT2D eigenvalue weighted by atomic mass is 28.4. The highest BCUT2D eigenvalue weighted by Gasteiger charge is 2.32. The largest absolute Gasteiger partial charge is 0.453 e. The molecule has 0 aromatic heterocycles. The second-order valence-corrected chi connectivity index (χ2v) is 20.8. The van der Waals surface area contributed by atoms with Crippen LogP contribution >= 0.6 is 0 Å². The summed E-state index contributed by atoms with van der Waals surface area (Å²) in [6, 6.07) is 2.71. The van der Waals surface area contributed by atoms with Crippen LogP contribution in [0.1, 0.15) is 0 Å². The van der Waals surface area contributed by atoms with E-state index < -0.39 is 24.7 Å². The molecule has 0 spiro atoms. The highest BCUT2D eigenvalue weighted by Crippen LogP contribution is 2.24. The molecule has 0 amide bonds. The summed E-state index contributed by atoms with van der Waals surface area (Å²) in [6.45, 7) is 20.4. The lowest BCUT2D eigenvalue weighted by Crippen LogP contribution is -2.44. The van der Waals surface area contributed by atoms with E-state index in [1.54, 1.807) is 0 Å². The smallest absolute Gasteiger partial charge is 0.197 e. The van der Waals surface area contributed by atoms with Crippen LogP contribution in [0, 0.1) is 0 Å². The van der Waals surface area contributed by atoms with Gasteiger partial charge in [0.2, 0.25) is 0 Å². The molecule has 90 valence electrons. The summed E-state index contributed by atoms with van der Waals surface area (Å²) in [5.74, 6) is 0. The number of rotatable bonds is 6. The van der Waals surface area contributed by atoms with Gasteiger partial charge in [0.1, 0.15) is 0 Å². The summed E-state index contributed by atoms with van der Waals surface area (Å²) in [6.07, 6.45) is 0. The third-order valence-electron chi connectivity index (χ3n) is 2.51. The minimum absolute atomic E-state index is 0.908. The summed E-state index contributed by atoms with van der Waals surface area (Å²) in [5, 5.41) is 0. The second-order valence-electron chi connectivity index (χ2n) is 6.73. The lowest BCUT2D eigenvalue weighted by molar-refractivity contribution is 0.556. The standard InChI is InChI=1S/C11H28OSi3/c1-9-14(5,6)12-15(7,8)11-10-13(2,3)4/h9H,1,10-11H2,2-8H3. The summed E-state index contributed by atoms with van der Waals surface area (Å²) in [4.78, 5) is 0. The summed E-state index contributed by atoms with van der Waals surface area (Å²) >= 11 is 0. The summed E-state index contributed by atoms with van der Waals surface area (Å²) in [5.41, 5.74) is 2.05. The first kappa shape index (κ1) is 15.4. The molecule has 0 aliphatic carbocycles. The second kappa shape index (κ2) is 5.12. The van der Waals surface area contributed by atoms with E-state index in [2.05, 4.69) is 58.1 Å². The van der Waals surface area contributed by atoms with Gasteiger partial charge in [-0.2, -0.15) is 0 Å². The molecular weight excluding hydrogens is 232 g/mol. The van der Waals surface area contributed by atoms with Gasteiger partial charge in [-0.05, 0) is 32.2 Å². The molecule has 0 aromatic rings. The molecule has 0 aromatic carbocycles. The van der Waals surface area contributed by atoms with Crippen LogP contribution in [0.4, 0.5) is 0 Å². The van der Waals surface area contributed by atoms with Crippen LogP contribution in [0.5, 0.6) is 0 Å². The van der Waals surface area contributed by atoms with Crippen LogP contribution < -0.4 is 0 Å². The van der Waals surface area contributed by atoms with E-state index in [0.29, 0.717) is 0 Å². The maximum Gasteiger partial charge on any atom is 0.197 e. The van der Waals surface area contributed by atoms with Gasteiger partial charge in [-0.15, -0.1) is 6.58 Å². The van der Waals surface area contributed by atoms with Crippen LogP contribution in [-0.2, 0) is 4.12 Å². The molecule has 1 nitrogen and oxygen atoms in total. The fourth-order valence-corrected chi connectivity index (χ4v) is 13.3. The predicted octanol–water partition coefficient (Wildman–Crippen LogP) is 4.48. The van der Waals surface area contributed by atoms with E-state index >= 15 is 0 Å². The van der Waals surface area contributed by atoms with Crippen molar-refractivity contribution in [2.75, 3.05) is 0 Å². The third kappa shape index (κ3) is 8.19. The third-order valence-corrected chi connectivity index (χ3v) is 11.5. The lowest BCUT2D eigenvalue weighted by atomic mass is 10.9. The van der Waals surface area contributed by atoms with E-state index in [1.165, 1.54) is 12.1 Å². The van der Waals surface area contributed by atoms with Gasteiger partial charge in [0.15, 0.2) is 16.6 Å². The van der Waals surface area contributed by atoms with E-state index in [1.807, 2.05) is 0 Å². The van der Waals surface area contributed by atoms with Crippen molar-refractivity contribution in [1.82, 2.24) is 0 Å². The monoisotopic (exact) mass is 260 g/mol. The molecular formula is C11H28OSi3. The van der Waals surface area contributed by atoms with Crippen molar-refractivity contribution >= 4 is 24.7 Å². The first-order valence-electron chi connectivity index (χ1n) is 5.81. The van der Waals surface area contributed by atoms with Crippen LogP contribution in [0.3, 0.4) is 0 Å². The zero-order valence-electron chi connectivity index (χ0n) is 11.6. The SMILES string of the molecule is C=C[Si](C)(C)O[Si](C)(C)CC[Si](C)(C)C. The van der Waals surface area contributed by atoms with E-state index in [0.717, 1.165) is 0 Å². The Morgan fingerprint density at radius 3 is 1.73 bits per heavy atom. The molecule has 0 saturated heterocycles. The van der Waals surface area contributed by atoms with Gasteiger partial charge in [-0.1, -0.05) is 31.4 Å². The molecule has 0 fully saturated rings. The van der Waals surface area contributed by atoms with Gasteiger partial charge in [0.25, 0.3) is 0 Å². The highest BCUT2D eigenvalue weighted by molar-refractivity contribution is 6.88. The first-order chi connectivity index (χ1) is 6.47. The molecule has 15 heavy (non-hydrogen) atoms. The van der Waals surface area contributed by atoms with Gasteiger partial charge in [-0.3, -0.25) is 0 Å². The van der Waals surface area contributed by atoms with Crippen molar-refractivity contribution in [3.63, 3.8) is 0 Å². The lowest BCUT2D eigenvalue weighted by Gasteiger charge is -2.33. The van der Waals surface area contributed by atoms with Crippen molar-refractivity contribution in [1.29, 1.82) is 0 Å². The average Bonchev–Trinajstić information content (AvgIpc) is 1.98. The fourth-order valence-electron chi connectivity index (χ4n) is 1.48. The normalized spacial score (nSPS) is 14.1. The number of hydrogen-bond donors (Lipinski definition) is 0. The predicted molar refractivity (Wildman–Crippen MR) is 79.2 cm³/mol. The van der Waals surface area contributed by atoms with Gasteiger partial charge in [0, 0.05) is 8.07 Å². The van der Waals surface area contributed by atoms with Crippen LogP contribution in [-0.4, -0.2) is 24.7 Å². The maximum absolute atomic E-state index is 6.35. The van der Waals surface area contributed by atoms with Crippen molar-refractivity contribution < 1.29 is 4.12 Å². The molecule has 0 saturated carbocycles. The minimum Gasteiger partial charge on any atom is -0.453 e. The van der Waals surface area contributed by atoms with Gasteiger partial charge < -0.3 is 4.12 Å². The van der Waals surface area contributed by atoms with Crippen LogP contribution in [0.2, 0.25) is 57.9 Å². The van der Waals surface area contributed by atoms with Crippen LogP contribution in [0.25, 0.3) is 0 Å². The topological polar surface area (TPSA) is 9.23 Å². The Kier molecular flexibility index (Phi) is 5.24. The van der Waals surface area contributed by atoms with E-state index in [4.69, 9.17) is 4.12 Å². The van der Waals surface area contributed by atoms with Gasteiger partial charge in [0.05, 0.1) is 0 Å². The molecule has 0 unspecified atom stereocenters. The molecule has 0 N–H and O–H groups in total. The zero-order chi connectivity index (χ0) is 12.3. The Labute approximate surface area is 99.2 Å². The van der Waals surface area contributed by atoms with E-state index in [-0.39, 0.29) is 0 Å². The average molecular weight is 261 g/mol. The molecule has 0 aliphatic heterocycles. The Balaban J connectivity index is 4.25. The summed E-state index contributed by atoms with van der Waals surface area (Å²) in [7, 11) is -3.92. The van der Waals surface area contributed by atoms with Crippen molar-refractivity contribution in [3.05, 3.63) is 12.3 Å². The Bertz CT molecular complexity index is 216. The van der Waals surface area contributed by atoms with Crippen molar-refractivity contribution in [2.45, 2.75) is 57.9 Å². The van der Waals surface area contributed by atoms with Gasteiger partial charge >= 0.3 is 0 Å². The molecule has 0 radical (unpaired) electrons. The quantitative estimate of drug-likeness (QED) is 0.640. The molecule has 0 heterocycles. The van der Waals surface area contributed by atoms with Crippen molar-refractivity contribution in [3.8, 4) is 0 Å². The van der Waals surface area contributed by atoms with Crippen molar-refractivity contribution in [2.24, 2.45) is 0 Å². The van der Waals surface area contributed by atoms with Gasteiger partial charge in [-0.25, -0.2) is 0 Å². The number of hydrogen-bond acceptors (Lipinski definition) is 1. The molecule has 4 heteroatoms. The Morgan fingerprint density at radius 1 is 0.933 bits per heavy atom. The zero-order valence-corrected chi connectivity index (χ0v) is 14.6. The molecule has 0 rings (SSSR count).